The second-order valence-electron chi connectivity index (χ2n) is 5.41. The van der Waals surface area contributed by atoms with Crippen LogP contribution in [0.2, 0.25) is 0 Å². The number of piperidine rings is 1. The van der Waals surface area contributed by atoms with Crippen molar-refractivity contribution in [2.75, 3.05) is 13.1 Å². The van der Waals surface area contributed by atoms with Gasteiger partial charge in [-0.05, 0) is 46.8 Å². The fraction of sp³-hybridized carbons (Fsp3) is 0.400. The van der Waals surface area contributed by atoms with E-state index in [9.17, 15) is 9.59 Å². The number of likely N-dealkylation sites (tertiary alicyclic amines) is 1. The summed E-state index contributed by atoms with van der Waals surface area (Å²) in [6, 6.07) is 5.24. The standard InChI is InChI=1S/C15H16BrN3O2S/c16-13-2-1-12(22-13)15(21)18-7-4-11(5-8-18)9-19-10-17-6-3-14(19)20/h1-3,6,10-11H,4-5,7-9H2. The third-order valence-electron chi connectivity index (χ3n) is 3.93. The number of carbonyl (C=O) groups excluding carboxylic acids is 1. The second-order valence-corrected chi connectivity index (χ2v) is 7.87. The summed E-state index contributed by atoms with van der Waals surface area (Å²) in [7, 11) is 0. The molecule has 7 heteroatoms. The Morgan fingerprint density at radius 2 is 2.09 bits per heavy atom. The van der Waals surface area contributed by atoms with Crippen LogP contribution in [0.15, 0.2) is 39.3 Å². The molecular formula is C15H16BrN3O2S. The molecule has 0 aliphatic carbocycles. The molecule has 0 N–H and O–H groups in total. The van der Waals surface area contributed by atoms with Gasteiger partial charge in [0.2, 0.25) is 0 Å². The summed E-state index contributed by atoms with van der Waals surface area (Å²) in [5.74, 6) is 0.522. The first kappa shape index (κ1) is 15.4. The highest BCUT2D eigenvalue weighted by Crippen LogP contribution is 2.25. The maximum atomic E-state index is 12.4. The number of rotatable bonds is 3. The van der Waals surface area contributed by atoms with Gasteiger partial charge in [-0.3, -0.25) is 14.2 Å². The quantitative estimate of drug-likeness (QED) is 0.820. The van der Waals surface area contributed by atoms with Gasteiger partial charge in [-0.2, -0.15) is 0 Å². The van der Waals surface area contributed by atoms with Gasteiger partial charge < -0.3 is 4.90 Å². The Hall–Kier alpha value is -1.47. The highest BCUT2D eigenvalue weighted by molar-refractivity contribution is 9.11. The first-order chi connectivity index (χ1) is 10.6. The number of carbonyl (C=O) groups is 1. The molecule has 3 rings (SSSR count). The van der Waals surface area contributed by atoms with E-state index < -0.39 is 0 Å². The van der Waals surface area contributed by atoms with E-state index in [0.29, 0.717) is 12.5 Å². The average molecular weight is 382 g/mol. The van der Waals surface area contributed by atoms with Gasteiger partial charge in [0, 0.05) is 31.9 Å². The van der Waals surface area contributed by atoms with Crippen molar-refractivity contribution in [2.45, 2.75) is 19.4 Å². The first-order valence-electron chi connectivity index (χ1n) is 7.18. The topological polar surface area (TPSA) is 55.2 Å². The van der Waals surface area contributed by atoms with Crippen LogP contribution in [0.1, 0.15) is 22.5 Å². The maximum absolute atomic E-state index is 12.4. The molecule has 1 amide bonds. The minimum absolute atomic E-state index is 0.0167. The molecule has 116 valence electrons. The number of amides is 1. The van der Waals surface area contributed by atoms with Gasteiger partial charge in [0.1, 0.15) is 0 Å². The van der Waals surface area contributed by atoms with Gasteiger partial charge in [-0.1, -0.05) is 0 Å². The van der Waals surface area contributed by atoms with Crippen LogP contribution in [0, 0.1) is 5.92 Å². The Labute approximate surface area is 140 Å². The first-order valence-corrected chi connectivity index (χ1v) is 8.79. The second kappa shape index (κ2) is 6.75. The van der Waals surface area contributed by atoms with E-state index in [1.54, 1.807) is 10.9 Å². The SMILES string of the molecule is O=C(c1ccc(Br)s1)N1CCC(Cn2cnccc2=O)CC1. The summed E-state index contributed by atoms with van der Waals surface area (Å²) in [5.41, 5.74) is -0.0167. The number of nitrogens with zero attached hydrogens (tertiary/aromatic N) is 3. The predicted molar refractivity (Wildman–Crippen MR) is 89.1 cm³/mol. The summed E-state index contributed by atoms with van der Waals surface area (Å²) in [4.78, 5) is 30.8. The van der Waals surface area contributed by atoms with Crippen LogP contribution in [-0.4, -0.2) is 33.4 Å². The van der Waals surface area contributed by atoms with Gasteiger partial charge in [0.25, 0.3) is 11.5 Å². The monoisotopic (exact) mass is 381 g/mol. The fourth-order valence-electron chi connectivity index (χ4n) is 2.70. The lowest BCUT2D eigenvalue weighted by molar-refractivity contribution is 0.0687. The van der Waals surface area contributed by atoms with E-state index in [0.717, 1.165) is 34.6 Å². The minimum atomic E-state index is -0.0167. The van der Waals surface area contributed by atoms with Crippen molar-refractivity contribution >= 4 is 33.2 Å². The van der Waals surface area contributed by atoms with Crippen LogP contribution in [0.3, 0.4) is 0 Å². The van der Waals surface area contributed by atoms with E-state index in [4.69, 9.17) is 0 Å². The maximum Gasteiger partial charge on any atom is 0.263 e. The fourth-order valence-corrected chi connectivity index (χ4v) is 4.05. The van der Waals surface area contributed by atoms with E-state index in [1.807, 2.05) is 17.0 Å². The Morgan fingerprint density at radius 3 is 2.73 bits per heavy atom. The minimum Gasteiger partial charge on any atom is -0.338 e. The Bertz CT molecular complexity index is 719. The van der Waals surface area contributed by atoms with Crippen molar-refractivity contribution < 1.29 is 4.79 Å². The summed E-state index contributed by atoms with van der Waals surface area (Å²) in [6.07, 6.45) is 4.93. The lowest BCUT2D eigenvalue weighted by atomic mass is 9.96. The largest absolute Gasteiger partial charge is 0.338 e. The van der Waals surface area contributed by atoms with Crippen LogP contribution < -0.4 is 5.56 Å². The average Bonchev–Trinajstić information content (AvgIpc) is 2.96. The van der Waals surface area contributed by atoms with Crippen molar-refractivity contribution in [3.05, 3.63) is 49.7 Å². The zero-order chi connectivity index (χ0) is 15.5. The van der Waals surface area contributed by atoms with Gasteiger partial charge in [-0.15, -0.1) is 11.3 Å². The van der Waals surface area contributed by atoms with Crippen molar-refractivity contribution in [3.8, 4) is 0 Å². The smallest absolute Gasteiger partial charge is 0.263 e. The summed E-state index contributed by atoms with van der Waals surface area (Å²) in [5, 5.41) is 0. The molecule has 5 nitrogen and oxygen atoms in total. The summed E-state index contributed by atoms with van der Waals surface area (Å²) in [6.45, 7) is 2.17. The van der Waals surface area contributed by atoms with Crippen molar-refractivity contribution in [1.29, 1.82) is 0 Å². The molecule has 0 spiro atoms. The van der Waals surface area contributed by atoms with Crippen molar-refractivity contribution in [1.82, 2.24) is 14.5 Å². The summed E-state index contributed by atoms with van der Waals surface area (Å²) < 4.78 is 2.63. The molecule has 0 atom stereocenters. The molecule has 1 fully saturated rings. The van der Waals surface area contributed by atoms with E-state index in [1.165, 1.54) is 23.6 Å². The van der Waals surface area contributed by atoms with Crippen LogP contribution in [-0.2, 0) is 6.54 Å². The highest BCUT2D eigenvalue weighted by atomic mass is 79.9. The lowest BCUT2D eigenvalue weighted by Gasteiger charge is -2.31. The molecule has 1 aliphatic rings. The van der Waals surface area contributed by atoms with Gasteiger partial charge in [0.05, 0.1) is 15.0 Å². The number of hydrogen-bond acceptors (Lipinski definition) is 4. The molecular weight excluding hydrogens is 366 g/mol. The number of aromatic nitrogens is 2. The Kier molecular flexibility index (Phi) is 4.73. The number of thiophene rings is 1. The molecule has 0 radical (unpaired) electrons. The molecule has 1 aliphatic heterocycles. The molecule has 0 saturated carbocycles. The van der Waals surface area contributed by atoms with Crippen molar-refractivity contribution in [3.63, 3.8) is 0 Å². The molecule has 22 heavy (non-hydrogen) atoms. The molecule has 1 saturated heterocycles. The third-order valence-corrected chi connectivity index (χ3v) is 5.54. The third kappa shape index (κ3) is 3.47. The molecule has 0 unspecified atom stereocenters. The normalized spacial score (nSPS) is 16.0. The van der Waals surface area contributed by atoms with Crippen LogP contribution >= 0.6 is 27.3 Å². The zero-order valence-corrected chi connectivity index (χ0v) is 14.3. The molecule has 2 aromatic rings. The van der Waals surface area contributed by atoms with Gasteiger partial charge in [-0.25, -0.2) is 4.98 Å². The van der Waals surface area contributed by atoms with E-state index >= 15 is 0 Å². The van der Waals surface area contributed by atoms with Gasteiger partial charge in [0.15, 0.2) is 0 Å². The predicted octanol–water partition coefficient (Wildman–Crippen LogP) is 2.62. The number of hydrogen-bond donors (Lipinski definition) is 0. The van der Waals surface area contributed by atoms with Crippen LogP contribution in [0.5, 0.6) is 0 Å². The van der Waals surface area contributed by atoms with Crippen LogP contribution in [0.4, 0.5) is 0 Å². The summed E-state index contributed by atoms with van der Waals surface area (Å²) >= 11 is 4.85. The Balaban J connectivity index is 1.57. The lowest BCUT2D eigenvalue weighted by Crippen LogP contribution is -2.39. The van der Waals surface area contributed by atoms with Crippen LogP contribution in [0.25, 0.3) is 0 Å². The van der Waals surface area contributed by atoms with E-state index in [-0.39, 0.29) is 11.5 Å². The molecule has 3 heterocycles. The molecule has 0 aromatic carbocycles. The number of halogens is 1. The van der Waals surface area contributed by atoms with Crippen molar-refractivity contribution in [2.24, 2.45) is 5.92 Å². The van der Waals surface area contributed by atoms with Gasteiger partial charge >= 0.3 is 0 Å². The molecule has 2 aromatic heterocycles. The zero-order valence-electron chi connectivity index (χ0n) is 11.9. The van der Waals surface area contributed by atoms with E-state index in [2.05, 4.69) is 20.9 Å². The Morgan fingerprint density at radius 1 is 1.32 bits per heavy atom. The molecule has 0 bridgehead atoms. The highest BCUT2D eigenvalue weighted by Gasteiger charge is 2.24.